The highest BCUT2D eigenvalue weighted by molar-refractivity contribution is 4.88. The van der Waals surface area contributed by atoms with Crippen LogP contribution in [0.25, 0.3) is 0 Å². The Morgan fingerprint density at radius 3 is 1.97 bits per heavy atom. The van der Waals surface area contributed by atoms with Crippen molar-refractivity contribution in [1.29, 1.82) is 0 Å². The second-order valence-corrected chi connectivity index (χ2v) is 8.74. The van der Waals surface area contributed by atoms with Gasteiger partial charge in [-0.3, -0.25) is 0 Å². The van der Waals surface area contributed by atoms with Gasteiger partial charge in [-0.15, -0.1) is 0 Å². The van der Waals surface area contributed by atoms with E-state index in [2.05, 4.69) is 19.1 Å². The van der Waals surface area contributed by atoms with Crippen LogP contribution in [0.15, 0.2) is 12.2 Å². The van der Waals surface area contributed by atoms with Crippen LogP contribution in [0.4, 0.5) is 0 Å². The number of unbranched alkanes of at least 4 members (excludes halogenated alkanes) is 13. The monoisotopic (exact) mass is 428 g/mol. The van der Waals surface area contributed by atoms with Gasteiger partial charge in [0.1, 0.15) is 24.4 Å². The zero-order chi connectivity index (χ0) is 21.9. The summed E-state index contributed by atoms with van der Waals surface area (Å²) in [6.07, 6.45) is 21.0. The average molecular weight is 429 g/mol. The van der Waals surface area contributed by atoms with Crippen LogP contribution in [0.2, 0.25) is 0 Å². The molecule has 5 heteroatoms. The lowest BCUT2D eigenvalue weighted by Gasteiger charge is -2.20. The number of hydrogen-bond acceptors (Lipinski definition) is 5. The first kappa shape index (κ1) is 27.6. The standard InChI is InChI=1S/C25H48O5/c1-2-3-4-5-6-7-8-9-10-11-12-13-14-15-16-17-18-19-29-23-21-30-25(24(23)28)22(27)20-26/h14-15,22-28H,2-13,16-21H2,1H3/b15-14+/t22-,23+,24-,25-/m1/s1. The van der Waals surface area contributed by atoms with Crippen LogP contribution in [0.3, 0.4) is 0 Å². The number of aliphatic hydroxyl groups excluding tert-OH is 3. The number of hydrogen-bond donors (Lipinski definition) is 3. The first-order valence-corrected chi connectivity index (χ1v) is 12.6. The summed E-state index contributed by atoms with van der Waals surface area (Å²) < 4.78 is 11.0. The van der Waals surface area contributed by atoms with Gasteiger partial charge in [-0.25, -0.2) is 0 Å². The van der Waals surface area contributed by atoms with Crippen LogP contribution < -0.4 is 0 Å². The Kier molecular flexibility index (Phi) is 17.7. The summed E-state index contributed by atoms with van der Waals surface area (Å²) in [7, 11) is 0. The van der Waals surface area contributed by atoms with Crippen molar-refractivity contribution < 1.29 is 24.8 Å². The maximum Gasteiger partial charge on any atom is 0.114 e. The average Bonchev–Trinajstić information content (AvgIpc) is 3.12. The summed E-state index contributed by atoms with van der Waals surface area (Å²) >= 11 is 0. The molecule has 5 nitrogen and oxygen atoms in total. The minimum atomic E-state index is -1.06. The van der Waals surface area contributed by atoms with E-state index in [1.807, 2.05) is 0 Å². The lowest BCUT2D eigenvalue weighted by Crippen LogP contribution is -2.41. The molecule has 0 bridgehead atoms. The molecular formula is C25H48O5. The van der Waals surface area contributed by atoms with E-state index in [4.69, 9.17) is 14.6 Å². The summed E-state index contributed by atoms with van der Waals surface area (Å²) in [5, 5.41) is 28.6. The van der Waals surface area contributed by atoms with Gasteiger partial charge in [0.15, 0.2) is 0 Å². The molecule has 1 fully saturated rings. The molecule has 0 aliphatic carbocycles. The first-order chi connectivity index (χ1) is 14.7. The van der Waals surface area contributed by atoms with E-state index >= 15 is 0 Å². The van der Waals surface area contributed by atoms with Crippen molar-refractivity contribution in [2.24, 2.45) is 0 Å². The highest BCUT2D eigenvalue weighted by Gasteiger charge is 2.40. The Morgan fingerprint density at radius 1 is 0.867 bits per heavy atom. The van der Waals surface area contributed by atoms with Gasteiger partial charge in [-0.05, 0) is 32.1 Å². The topological polar surface area (TPSA) is 79.2 Å². The normalized spacial score (nSPS) is 22.9. The van der Waals surface area contributed by atoms with E-state index in [9.17, 15) is 10.2 Å². The molecule has 1 saturated heterocycles. The third kappa shape index (κ3) is 13.1. The molecule has 178 valence electrons. The van der Waals surface area contributed by atoms with Crippen LogP contribution in [0.1, 0.15) is 103 Å². The fraction of sp³-hybridized carbons (Fsp3) is 0.920. The summed E-state index contributed by atoms with van der Waals surface area (Å²) in [6, 6.07) is 0. The molecular weight excluding hydrogens is 380 g/mol. The number of rotatable bonds is 20. The molecule has 0 aromatic rings. The van der Waals surface area contributed by atoms with Crippen LogP contribution >= 0.6 is 0 Å². The second-order valence-electron chi connectivity index (χ2n) is 8.74. The largest absolute Gasteiger partial charge is 0.394 e. The van der Waals surface area contributed by atoms with Gasteiger partial charge in [0.25, 0.3) is 0 Å². The van der Waals surface area contributed by atoms with Gasteiger partial charge in [-0.2, -0.15) is 0 Å². The van der Waals surface area contributed by atoms with Crippen molar-refractivity contribution in [1.82, 2.24) is 0 Å². The van der Waals surface area contributed by atoms with Crippen LogP contribution in [0.5, 0.6) is 0 Å². The minimum absolute atomic E-state index is 0.266. The van der Waals surface area contributed by atoms with E-state index in [1.165, 1.54) is 77.0 Å². The van der Waals surface area contributed by atoms with Gasteiger partial charge < -0.3 is 24.8 Å². The second kappa shape index (κ2) is 19.2. The Labute approximate surface area is 184 Å². The van der Waals surface area contributed by atoms with Crippen LogP contribution in [0, 0.1) is 0 Å². The van der Waals surface area contributed by atoms with Crippen LogP contribution in [-0.2, 0) is 9.47 Å². The summed E-state index contributed by atoms with van der Waals surface area (Å²) in [5.74, 6) is 0. The third-order valence-electron chi connectivity index (χ3n) is 5.97. The van der Waals surface area contributed by atoms with Gasteiger partial charge in [-0.1, -0.05) is 83.3 Å². The molecule has 1 rings (SSSR count). The van der Waals surface area contributed by atoms with Crippen molar-refractivity contribution in [2.45, 2.75) is 128 Å². The Hall–Kier alpha value is -0.460. The highest BCUT2D eigenvalue weighted by atomic mass is 16.6. The van der Waals surface area contributed by atoms with Crippen molar-refractivity contribution >= 4 is 0 Å². The smallest absolute Gasteiger partial charge is 0.114 e. The molecule has 0 spiro atoms. The highest BCUT2D eigenvalue weighted by Crippen LogP contribution is 2.20. The Morgan fingerprint density at radius 2 is 1.40 bits per heavy atom. The van der Waals surface area contributed by atoms with Crippen molar-refractivity contribution in [3.8, 4) is 0 Å². The van der Waals surface area contributed by atoms with Gasteiger partial charge in [0, 0.05) is 6.61 Å². The molecule has 0 amide bonds. The maximum atomic E-state index is 10.1. The van der Waals surface area contributed by atoms with E-state index in [1.54, 1.807) is 0 Å². The predicted octanol–water partition coefficient (Wildman–Crippen LogP) is 4.91. The van der Waals surface area contributed by atoms with Crippen molar-refractivity contribution in [3.63, 3.8) is 0 Å². The van der Waals surface area contributed by atoms with Gasteiger partial charge >= 0.3 is 0 Å². The van der Waals surface area contributed by atoms with E-state index in [0.29, 0.717) is 6.61 Å². The third-order valence-corrected chi connectivity index (χ3v) is 5.97. The number of aliphatic hydroxyl groups is 3. The molecule has 0 radical (unpaired) electrons. The number of ether oxygens (including phenoxy) is 2. The molecule has 3 N–H and O–H groups in total. The quantitative estimate of drug-likeness (QED) is 0.190. The van der Waals surface area contributed by atoms with Gasteiger partial charge in [0.05, 0.1) is 13.2 Å². The number of allylic oxidation sites excluding steroid dienone is 2. The molecule has 0 saturated carbocycles. The lowest BCUT2D eigenvalue weighted by molar-refractivity contribution is -0.0730. The molecule has 0 aromatic carbocycles. The van der Waals surface area contributed by atoms with Crippen molar-refractivity contribution in [2.75, 3.05) is 19.8 Å². The van der Waals surface area contributed by atoms with E-state index in [0.717, 1.165) is 19.3 Å². The zero-order valence-electron chi connectivity index (χ0n) is 19.4. The van der Waals surface area contributed by atoms with E-state index < -0.39 is 31.0 Å². The fourth-order valence-electron chi connectivity index (χ4n) is 3.97. The predicted molar refractivity (Wildman–Crippen MR) is 123 cm³/mol. The first-order valence-electron chi connectivity index (χ1n) is 12.6. The van der Waals surface area contributed by atoms with E-state index in [-0.39, 0.29) is 6.61 Å². The van der Waals surface area contributed by atoms with Crippen molar-refractivity contribution in [3.05, 3.63) is 12.2 Å². The Balaban J connectivity index is 1.83. The Bertz CT molecular complexity index is 401. The molecule has 30 heavy (non-hydrogen) atoms. The molecule has 0 unspecified atom stereocenters. The zero-order valence-corrected chi connectivity index (χ0v) is 19.4. The SMILES string of the molecule is CCCCCCCCCCCCC/C=C/CCCCO[C@H]1CO[C@H]([C@H](O)CO)[C@@H]1O. The maximum absolute atomic E-state index is 10.1. The lowest BCUT2D eigenvalue weighted by atomic mass is 10.1. The van der Waals surface area contributed by atoms with Crippen LogP contribution in [-0.4, -0.2) is 59.6 Å². The minimum Gasteiger partial charge on any atom is -0.394 e. The molecule has 4 atom stereocenters. The molecule has 0 aromatic heterocycles. The molecule has 1 aliphatic rings. The summed E-state index contributed by atoms with van der Waals surface area (Å²) in [5.41, 5.74) is 0. The summed E-state index contributed by atoms with van der Waals surface area (Å²) in [4.78, 5) is 0. The molecule has 1 heterocycles. The summed E-state index contributed by atoms with van der Waals surface area (Å²) in [6.45, 7) is 2.70. The molecule has 1 aliphatic heterocycles. The van der Waals surface area contributed by atoms with Gasteiger partial charge in [0.2, 0.25) is 0 Å². The fourth-order valence-corrected chi connectivity index (χ4v) is 3.97.